The number of aromatic nitrogens is 1. The molecule has 20 heavy (non-hydrogen) atoms. The number of amides is 1. The lowest BCUT2D eigenvalue weighted by atomic mass is 10.3. The number of esters is 1. The van der Waals surface area contributed by atoms with E-state index in [0.29, 0.717) is 18.7 Å². The van der Waals surface area contributed by atoms with Gasteiger partial charge in [0.05, 0.1) is 7.11 Å². The summed E-state index contributed by atoms with van der Waals surface area (Å²) in [5, 5.41) is 0. The van der Waals surface area contributed by atoms with Crippen LogP contribution < -0.4 is 4.57 Å². The van der Waals surface area contributed by atoms with Crippen LogP contribution >= 0.6 is 0 Å². The summed E-state index contributed by atoms with van der Waals surface area (Å²) in [5.41, 5.74) is 0.437. The number of nitrogens with zero attached hydrogens (tertiary/aromatic N) is 2. The maximum absolute atomic E-state index is 11.9. The molecule has 5 nitrogen and oxygen atoms in total. The molecule has 0 unspecified atom stereocenters. The molecule has 0 spiro atoms. The minimum Gasteiger partial charge on any atom is -0.465 e. The highest BCUT2D eigenvalue weighted by atomic mass is 16.5. The quantitative estimate of drug-likeness (QED) is 0.609. The van der Waals surface area contributed by atoms with Crippen molar-refractivity contribution in [2.45, 2.75) is 34.2 Å². The number of hydrogen-bond donors (Lipinski definition) is 0. The van der Waals surface area contributed by atoms with Gasteiger partial charge in [0.15, 0.2) is 12.4 Å². The van der Waals surface area contributed by atoms with E-state index < -0.39 is 5.97 Å². The Morgan fingerprint density at radius 3 is 2.35 bits per heavy atom. The number of likely N-dealkylation sites (N-methyl/N-ethyl adjacent to an activating group) is 1. The first-order valence-corrected chi connectivity index (χ1v) is 6.97. The molecule has 1 aromatic heterocycles. The average Bonchev–Trinajstić information content (AvgIpc) is 2.50. The van der Waals surface area contributed by atoms with Gasteiger partial charge in [0, 0.05) is 19.2 Å². The van der Waals surface area contributed by atoms with Crippen LogP contribution in [0.5, 0.6) is 0 Å². The molecular formula is C15H25N2O3+. The molecule has 0 aliphatic heterocycles. The van der Waals surface area contributed by atoms with Crippen LogP contribution in [0.3, 0.4) is 0 Å². The Labute approximate surface area is 121 Å². The molecule has 0 saturated heterocycles. The number of pyridine rings is 1. The molecule has 0 bridgehead atoms. The van der Waals surface area contributed by atoms with Crippen LogP contribution in [-0.2, 0) is 16.1 Å². The van der Waals surface area contributed by atoms with Gasteiger partial charge in [-0.05, 0) is 19.9 Å². The number of rotatable bonds is 5. The molecule has 0 aromatic carbocycles. The Balaban J connectivity index is 0.00000172. The lowest BCUT2D eigenvalue weighted by Crippen LogP contribution is -2.44. The summed E-state index contributed by atoms with van der Waals surface area (Å²) in [6.07, 6.45) is 3.38. The fraction of sp³-hybridized carbons (Fsp3) is 0.533. The largest absolute Gasteiger partial charge is 0.465 e. The lowest BCUT2D eigenvalue weighted by Gasteiger charge is -2.16. The van der Waals surface area contributed by atoms with E-state index in [0.717, 1.165) is 0 Å². The minimum absolute atomic E-state index is 0.0343. The van der Waals surface area contributed by atoms with Crippen LogP contribution in [0.25, 0.3) is 0 Å². The van der Waals surface area contributed by atoms with Crippen LogP contribution in [0.2, 0.25) is 0 Å². The third-order valence-electron chi connectivity index (χ3n) is 2.71. The number of carbonyl (C=O) groups excluding carboxylic acids is 2. The van der Waals surface area contributed by atoms with Gasteiger partial charge >= 0.3 is 5.97 Å². The van der Waals surface area contributed by atoms with Gasteiger partial charge in [-0.1, -0.05) is 13.8 Å². The topological polar surface area (TPSA) is 50.5 Å². The zero-order valence-electron chi connectivity index (χ0n) is 13.0. The number of ether oxygens (including phenoxy) is 1. The summed E-state index contributed by atoms with van der Waals surface area (Å²) in [6.45, 7) is 9.49. The van der Waals surface area contributed by atoms with E-state index in [1.165, 1.54) is 7.11 Å². The van der Waals surface area contributed by atoms with Crippen LogP contribution in [0.15, 0.2) is 24.5 Å². The average molecular weight is 281 g/mol. The van der Waals surface area contributed by atoms with Gasteiger partial charge in [0.1, 0.15) is 5.56 Å². The van der Waals surface area contributed by atoms with Crippen LogP contribution in [0.4, 0.5) is 0 Å². The number of carbonyl (C=O) groups is 2. The van der Waals surface area contributed by atoms with Gasteiger partial charge in [0.25, 0.3) is 5.91 Å². The van der Waals surface area contributed by atoms with Gasteiger partial charge in [-0.25, -0.2) is 4.79 Å². The third kappa shape index (κ3) is 5.38. The summed E-state index contributed by atoms with van der Waals surface area (Å²) in [4.78, 5) is 25.0. The summed E-state index contributed by atoms with van der Waals surface area (Å²) in [7, 11) is 1.33. The van der Waals surface area contributed by atoms with Gasteiger partial charge in [-0.15, -0.1) is 0 Å². The van der Waals surface area contributed by atoms with Gasteiger partial charge in [-0.2, -0.15) is 4.57 Å². The first-order valence-electron chi connectivity index (χ1n) is 6.97. The Morgan fingerprint density at radius 1 is 1.25 bits per heavy atom. The van der Waals surface area contributed by atoms with E-state index in [4.69, 9.17) is 0 Å². The van der Waals surface area contributed by atoms with E-state index in [-0.39, 0.29) is 12.5 Å². The van der Waals surface area contributed by atoms with Crippen molar-refractivity contribution >= 4 is 11.9 Å². The predicted octanol–water partition coefficient (Wildman–Crippen LogP) is 1.66. The van der Waals surface area contributed by atoms with Crippen LogP contribution in [0, 0.1) is 0 Å². The Bertz CT molecular complexity index is 429. The Hall–Kier alpha value is -1.91. The van der Waals surface area contributed by atoms with Crippen molar-refractivity contribution in [1.29, 1.82) is 0 Å². The SMILES string of the molecule is CC.CCN(CC)C(=O)C[n+]1cccc(C(=O)OC)c1. The monoisotopic (exact) mass is 281 g/mol. The van der Waals surface area contributed by atoms with E-state index in [1.807, 2.05) is 27.7 Å². The van der Waals surface area contributed by atoms with Crippen molar-refractivity contribution in [2.24, 2.45) is 0 Å². The maximum atomic E-state index is 11.9. The summed E-state index contributed by atoms with van der Waals surface area (Å²) >= 11 is 0. The molecule has 0 fully saturated rings. The molecule has 0 N–H and O–H groups in total. The van der Waals surface area contributed by atoms with E-state index in [2.05, 4.69) is 4.74 Å². The first kappa shape index (κ1) is 18.1. The van der Waals surface area contributed by atoms with Gasteiger partial charge in [-0.3, -0.25) is 4.79 Å². The standard InChI is InChI=1S/C13H19N2O3.C2H6/c1-4-15(5-2)12(16)10-14-8-6-7-11(9-14)13(17)18-3;1-2/h6-9H,4-5,10H2,1-3H3;1-2H3/q+1;. The molecule has 1 aromatic rings. The second-order valence-corrected chi connectivity index (χ2v) is 3.82. The van der Waals surface area contributed by atoms with Gasteiger partial charge in [0.2, 0.25) is 6.54 Å². The predicted molar refractivity (Wildman–Crippen MR) is 77.3 cm³/mol. The smallest absolute Gasteiger partial charge is 0.343 e. The molecule has 0 aliphatic rings. The second-order valence-electron chi connectivity index (χ2n) is 3.82. The second kappa shape index (κ2) is 9.95. The van der Waals surface area contributed by atoms with Crippen molar-refractivity contribution in [3.63, 3.8) is 0 Å². The molecule has 0 aliphatic carbocycles. The molecule has 5 heteroatoms. The van der Waals surface area contributed by atoms with Crippen molar-refractivity contribution in [3.8, 4) is 0 Å². The van der Waals surface area contributed by atoms with E-state index in [9.17, 15) is 9.59 Å². The summed E-state index contributed by atoms with van der Waals surface area (Å²) < 4.78 is 6.33. The zero-order chi connectivity index (χ0) is 15.5. The van der Waals surface area contributed by atoms with Crippen LogP contribution in [-0.4, -0.2) is 37.0 Å². The Kier molecular flexibility index (Phi) is 9.00. The molecule has 1 heterocycles. The molecule has 0 radical (unpaired) electrons. The normalized spacial score (nSPS) is 9.25. The summed E-state index contributed by atoms with van der Waals surface area (Å²) in [5.74, 6) is -0.369. The van der Waals surface area contributed by atoms with Gasteiger partial charge < -0.3 is 9.64 Å². The third-order valence-corrected chi connectivity index (χ3v) is 2.71. The molecule has 112 valence electrons. The number of methoxy groups -OCH3 is 1. The van der Waals surface area contributed by atoms with Crippen LogP contribution in [0.1, 0.15) is 38.1 Å². The highest BCUT2D eigenvalue weighted by Gasteiger charge is 2.17. The number of hydrogen-bond acceptors (Lipinski definition) is 3. The molecular weight excluding hydrogens is 256 g/mol. The molecule has 0 saturated carbocycles. The van der Waals surface area contributed by atoms with Crippen molar-refractivity contribution in [1.82, 2.24) is 4.90 Å². The lowest BCUT2D eigenvalue weighted by molar-refractivity contribution is -0.685. The summed E-state index contributed by atoms with van der Waals surface area (Å²) in [6, 6.07) is 3.38. The molecule has 0 atom stereocenters. The first-order chi connectivity index (χ1) is 9.62. The fourth-order valence-corrected chi connectivity index (χ4v) is 1.69. The van der Waals surface area contributed by atoms with E-state index in [1.54, 1.807) is 34.0 Å². The highest BCUT2D eigenvalue weighted by molar-refractivity contribution is 5.88. The minimum atomic E-state index is -0.403. The maximum Gasteiger partial charge on any atom is 0.343 e. The van der Waals surface area contributed by atoms with Crippen molar-refractivity contribution in [3.05, 3.63) is 30.1 Å². The fourth-order valence-electron chi connectivity index (χ4n) is 1.69. The molecule has 1 rings (SSSR count). The van der Waals surface area contributed by atoms with E-state index >= 15 is 0 Å². The van der Waals surface area contributed by atoms with Crippen molar-refractivity contribution in [2.75, 3.05) is 20.2 Å². The van der Waals surface area contributed by atoms with Crippen molar-refractivity contribution < 1.29 is 18.9 Å². The zero-order valence-corrected chi connectivity index (χ0v) is 13.0. The highest BCUT2D eigenvalue weighted by Crippen LogP contribution is 1.97. The molecule has 1 amide bonds. The Morgan fingerprint density at radius 2 is 1.85 bits per heavy atom.